The normalized spacial score (nSPS) is 18.0. The fourth-order valence-electron chi connectivity index (χ4n) is 4.61. The van der Waals surface area contributed by atoms with Crippen LogP contribution in [0.3, 0.4) is 0 Å². The number of rotatable bonds is 18. The van der Waals surface area contributed by atoms with Crippen LogP contribution >= 0.6 is 12.6 Å². The van der Waals surface area contributed by atoms with Crippen LogP contribution in [-0.4, -0.2) is 122 Å². The summed E-state index contributed by atoms with van der Waals surface area (Å²) in [5, 5.41) is 39.0. The molecule has 0 bridgehead atoms. The zero-order valence-electron chi connectivity index (χ0n) is 25.9. The van der Waals surface area contributed by atoms with Crippen molar-refractivity contribution in [2.45, 2.75) is 96.1 Å². The van der Waals surface area contributed by atoms with Gasteiger partial charge in [0.15, 0.2) is 0 Å². The Morgan fingerprint density at radius 1 is 0.783 bits per heavy atom. The number of carboxylic acids is 3. The first-order valence-electron chi connectivity index (χ1n) is 14.5. The van der Waals surface area contributed by atoms with E-state index in [4.69, 9.17) is 5.11 Å². The standard InChI is InChI=1S/C27H42N6O12S/c1-5-12(2)21(32-23(40)16(10-20(37)38)30-22(39)15(9-19(35)36)29-14(4)34)25(42)28-13(3)26(43)33-8-6-7-18(33)24(41)31-17(11-46)27(44)45/h12-13,15-18,21,46H,5-11H2,1-4H3,(H,28,42)(H,29,34)(H,30,39)(H,31,41)(H,32,40)(H,35,36)(H,37,38)(H,44,45). The lowest BCUT2D eigenvalue weighted by Crippen LogP contribution is -2.60. The number of hydrogen-bond acceptors (Lipinski definition) is 10. The van der Waals surface area contributed by atoms with Gasteiger partial charge in [0.05, 0.1) is 12.8 Å². The van der Waals surface area contributed by atoms with E-state index >= 15 is 0 Å². The number of carbonyl (C=O) groups is 9. The Kier molecular flexibility index (Phi) is 15.9. The molecule has 0 saturated carbocycles. The van der Waals surface area contributed by atoms with Gasteiger partial charge in [-0.15, -0.1) is 0 Å². The minimum atomic E-state index is -1.77. The van der Waals surface area contributed by atoms with Crippen LogP contribution in [0.5, 0.6) is 0 Å². The quantitative estimate of drug-likeness (QED) is 0.0680. The Morgan fingerprint density at radius 3 is 1.80 bits per heavy atom. The summed E-state index contributed by atoms with van der Waals surface area (Å²) in [4.78, 5) is 112. The van der Waals surface area contributed by atoms with E-state index in [9.17, 15) is 53.4 Å². The molecular formula is C27H42N6O12S. The zero-order valence-corrected chi connectivity index (χ0v) is 26.8. The number of nitrogens with zero attached hydrogens (tertiary/aromatic N) is 1. The van der Waals surface area contributed by atoms with E-state index in [1.54, 1.807) is 13.8 Å². The summed E-state index contributed by atoms with van der Waals surface area (Å²) in [6, 6.07) is -8.17. The van der Waals surface area contributed by atoms with E-state index in [2.05, 4.69) is 39.2 Å². The maximum absolute atomic E-state index is 13.3. The second kappa shape index (κ2) is 18.5. The molecule has 1 saturated heterocycles. The summed E-state index contributed by atoms with van der Waals surface area (Å²) in [5.41, 5.74) is 0. The lowest BCUT2D eigenvalue weighted by Gasteiger charge is -2.30. The molecule has 0 spiro atoms. The Hall–Kier alpha value is -4.42. The third-order valence-corrected chi connectivity index (χ3v) is 7.61. The lowest BCUT2D eigenvalue weighted by atomic mass is 9.97. The number of likely N-dealkylation sites (tertiary alicyclic amines) is 1. The Labute approximate surface area is 270 Å². The highest BCUT2D eigenvalue weighted by atomic mass is 32.1. The molecule has 46 heavy (non-hydrogen) atoms. The molecule has 19 heteroatoms. The molecule has 0 aromatic heterocycles. The van der Waals surface area contributed by atoms with E-state index < -0.39 is 108 Å². The van der Waals surface area contributed by atoms with Crippen LogP contribution in [0.1, 0.15) is 59.8 Å². The monoisotopic (exact) mass is 674 g/mol. The van der Waals surface area contributed by atoms with Crippen molar-refractivity contribution in [1.82, 2.24) is 31.5 Å². The van der Waals surface area contributed by atoms with Gasteiger partial charge in [-0.2, -0.15) is 12.6 Å². The predicted molar refractivity (Wildman–Crippen MR) is 161 cm³/mol. The Morgan fingerprint density at radius 2 is 1.33 bits per heavy atom. The van der Waals surface area contributed by atoms with Crippen molar-refractivity contribution in [3.05, 3.63) is 0 Å². The number of carboxylic acid groups (broad SMARTS) is 3. The van der Waals surface area contributed by atoms with Crippen LogP contribution in [0.15, 0.2) is 0 Å². The topological polar surface area (TPSA) is 278 Å². The van der Waals surface area contributed by atoms with Crippen molar-refractivity contribution < 1.29 is 58.5 Å². The highest BCUT2D eigenvalue weighted by Gasteiger charge is 2.39. The summed E-state index contributed by atoms with van der Waals surface area (Å²) in [7, 11) is 0. The van der Waals surface area contributed by atoms with Crippen LogP contribution < -0.4 is 26.6 Å². The average molecular weight is 675 g/mol. The molecule has 0 radical (unpaired) electrons. The van der Waals surface area contributed by atoms with E-state index in [0.717, 1.165) is 6.92 Å². The van der Waals surface area contributed by atoms with Gasteiger partial charge in [0, 0.05) is 19.2 Å². The van der Waals surface area contributed by atoms with Crippen LogP contribution in [-0.2, 0) is 43.2 Å². The number of carbonyl (C=O) groups excluding carboxylic acids is 6. The molecule has 0 aliphatic carbocycles. The maximum Gasteiger partial charge on any atom is 0.327 e. The minimum Gasteiger partial charge on any atom is -0.481 e. The van der Waals surface area contributed by atoms with Crippen LogP contribution in [0.4, 0.5) is 0 Å². The summed E-state index contributed by atoms with van der Waals surface area (Å²) in [5.74, 6) is -10.1. The largest absolute Gasteiger partial charge is 0.481 e. The molecular weight excluding hydrogens is 632 g/mol. The molecule has 7 unspecified atom stereocenters. The maximum atomic E-state index is 13.3. The third kappa shape index (κ3) is 12.2. The van der Waals surface area contributed by atoms with Crippen molar-refractivity contribution in [1.29, 1.82) is 0 Å². The molecule has 0 aromatic carbocycles. The fourth-order valence-corrected chi connectivity index (χ4v) is 4.86. The van der Waals surface area contributed by atoms with Crippen LogP contribution in [0, 0.1) is 5.92 Å². The SMILES string of the molecule is CCC(C)C(NC(=O)C(CC(=O)O)NC(=O)C(CC(=O)O)NC(C)=O)C(=O)NC(C)C(=O)N1CCCC1C(=O)NC(CS)C(=O)O. The summed E-state index contributed by atoms with van der Waals surface area (Å²) < 4.78 is 0. The minimum absolute atomic E-state index is 0.166. The van der Waals surface area contributed by atoms with Crippen molar-refractivity contribution in [3.8, 4) is 0 Å². The van der Waals surface area contributed by atoms with E-state index in [1.807, 2.05) is 0 Å². The molecule has 1 rings (SSSR count). The smallest absolute Gasteiger partial charge is 0.327 e. The van der Waals surface area contributed by atoms with Gasteiger partial charge in [-0.1, -0.05) is 20.3 Å². The van der Waals surface area contributed by atoms with Gasteiger partial charge in [-0.25, -0.2) is 4.79 Å². The van der Waals surface area contributed by atoms with E-state index in [-0.39, 0.29) is 18.7 Å². The van der Waals surface area contributed by atoms with Gasteiger partial charge in [-0.3, -0.25) is 38.4 Å². The van der Waals surface area contributed by atoms with Crippen LogP contribution in [0.2, 0.25) is 0 Å². The second-order valence-electron chi connectivity index (χ2n) is 10.9. The lowest BCUT2D eigenvalue weighted by molar-refractivity contribution is -0.144. The molecule has 1 heterocycles. The van der Waals surface area contributed by atoms with Crippen molar-refractivity contribution in [2.75, 3.05) is 12.3 Å². The van der Waals surface area contributed by atoms with E-state index in [1.165, 1.54) is 11.8 Å². The van der Waals surface area contributed by atoms with Gasteiger partial charge in [-0.05, 0) is 25.7 Å². The number of thiol groups is 1. The Bertz CT molecular complexity index is 1180. The Balaban J connectivity index is 3.09. The highest BCUT2D eigenvalue weighted by Crippen LogP contribution is 2.19. The van der Waals surface area contributed by atoms with Gasteiger partial charge in [0.2, 0.25) is 35.4 Å². The molecule has 8 N–H and O–H groups in total. The van der Waals surface area contributed by atoms with Crippen LogP contribution in [0.25, 0.3) is 0 Å². The summed E-state index contributed by atoms with van der Waals surface area (Å²) >= 11 is 3.91. The number of aliphatic carboxylic acids is 3. The first kappa shape index (κ1) is 39.6. The molecule has 1 aliphatic heterocycles. The zero-order chi connectivity index (χ0) is 35.3. The molecule has 6 amide bonds. The summed E-state index contributed by atoms with van der Waals surface area (Å²) in [6.07, 6.45) is -0.763. The molecule has 7 atom stereocenters. The average Bonchev–Trinajstić information content (AvgIpc) is 3.46. The van der Waals surface area contributed by atoms with Crippen molar-refractivity contribution in [2.24, 2.45) is 5.92 Å². The summed E-state index contributed by atoms with van der Waals surface area (Å²) in [6.45, 7) is 5.85. The first-order valence-corrected chi connectivity index (χ1v) is 15.1. The molecule has 1 aliphatic rings. The number of hydrogen-bond donors (Lipinski definition) is 9. The van der Waals surface area contributed by atoms with Crippen molar-refractivity contribution >= 4 is 66.0 Å². The third-order valence-electron chi connectivity index (χ3n) is 7.24. The molecule has 1 fully saturated rings. The van der Waals surface area contributed by atoms with Gasteiger partial charge < -0.3 is 46.8 Å². The van der Waals surface area contributed by atoms with Crippen molar-refractivity contribution in [3.63, 3.8) is 0 Å². The molecule has 18 nitrogen and oxygen atoms in total. The van der Waals surface area contributed by atoms with Gasteiger partial charge in [0.25, 0.3) is 0 Å². The first-order chi connectivity index (χ1) is 21.4. The van der Waals surface area contributed by atoms with Gasteiger partial charge in [0.1, 0.15) is 36.3 Å². The second-order valence-corrected chi connectivity index (χ2v) is 11.2. The van der Waals surface area contributed by atoms with Gasteiger partial charge >= 0.3 is 17.9 Å². The number of amides is 6. The highest BCUT2D eigenvalue weighted by molar-refractivity contribution is 7.80. The predicted octanol–water partition coefficient (Wildman–Crippen LogP) is -2.55. The van der Waals surface area contributed by atoms with E-state index in [0.29, 0.717) is 12.8 Å². The fraction of sp³-hybridized carbons (Fsp3) is 0.667. The molecule has 0 aromatic rings. The number of nitrogens with one attached hydrogen (secondary N) is 5. The molecule has 258 valence electrons.